The predicted molar refractivity (Wildman–Crippen MR) is 83.8 cm³/mol. The first kappa shape index (κ1) is 14.1. The summed E-state index contributed by atoms with van der Waals surface area (Å²) in [6, 6.07) is 13.5. The van der Waals surface area contributed by atoms with Crippen LogP contribution in [-0.4, -0.2) is 29.1 Å². The van der Waals surface area contributed by atoms with Gasteiger partial charge in [-0.15, -0.1) is 0 Å². The zero-order valence-corrected chi connectivity index (χ0v) is 12.2. The molecule has 22 heavy (non-hydrogen) atoms. The molecule has 0 radical (unpaired) electrons. The summed E-state index contributed by atoms with van der Waals surface area (Å²) in [4.78, 5) is 16.3. The SMILES string of the molecule is Cc1cc(C(=O)NCCNc2ccc3ccccc3n2)no1. The van der Waals surface area contributed by atoms with Crippen LogP contribution in [0.25, 0.3) is 10.9 Å². The molecule has 3 aromatic rings. The third-order valence-electron chi connectivity index (χ3n) is 3.18. The highest BCUT2D eigenvalue weighted by Gasteiger charge is 2.09. The van der Waals surface area contributed by atoms with Crippen LogP contribution in [0.3, 0.4) is 0 Å². The predicted octanol–water partition coefficient (Wildman–Crippen LogP) is 2.37. The first-order valence-electron chi connectivity index (χ1n) is 7.03. The molecule has 2 heterocycles. The lowest BCUT2D eigenvalue weighted by molar-refractivity contribution is 0.0946. The molecule has 0 aliphatic rings. The molecule has 3 rings (SSSR count). The molecule has 0 atom stereocenters. The molecule has 0 saturated carbocycles. The van der Waals surface area contributed by atoms with Crippen molar-refractivity contribution in [1.29, 1.82) is 0 Å². The molecule has 1 aromatic carbocycles. The molecule has 2 N–H and O–H groups in total. The Labute approximate surface area is 127 Å². The van der Waals surface area contributed by atoms with Gasteiger partial charge < -0.3 is 15.2 Å². The molecule has 6 heteroatoms. The maximum atomic E-state index is 11.8. The van der Waals surface area contributed by atoms with E-state index in [9.17, 15) is 4.79 Å². The molecule has 6 nitrogen and oxygen atoms in total. The van der Waals surface area contributed by atoms with Crippen molar-refractivity contribution in [2.45, 2.75) is 6.92 Å². The Morgan fingerprint density at radius 2 is 2.05 bits per heavy atom. The number of carbonyl (C=O) groups is 1. The smallest absolute Gasteiger partial charge is 0.273 e. The minimum Gasteiger partial charge on any atom is -0.368 e. The highest BCUT2D eigenvalue weighted by Crippen LogP contribution is 2.14. The third-order valence-corrected chi connectivity index (χ3v) is 3.18. The Morgan fingerprint density at radius 1 is 1.18 bits per heavy atom. The number of carbonyl (C=O) groups excluding carboxylic acids is 1. The van der Waals surface area contributed by atoms with Crippen LogP contribution in [-0.2, 0) is 0 Å². The van der Waals surface area contributed by atoms with E-state index in [2.05, 4.69) is 20.8 Å². The first-order valence-corrected chi connectivity index (χ1v) is 7.03. The second kappa shape index (κ2) is 6.26. The van der Waals surface area contributed by atoms with Gasteiger partial charge in [-0.2, -0.15) is 0 Å². The number of aromatic nitrogens is 2. The van der Waals surface area contributed by atoms with Gasteiger partial charge in [0.2, 0.25) is 0 Å². The Hall–Kier alpha value is -2.89. The van der Waals surface area contributed by atoms with Crippen molar-refractivity contribution in [1.82, 2.24) is 15.5 Å². The Morgan fingerprint density at radius 3 is 2.86 bits per heavy atom. The number of hydrogen-bond acceptors (Lipinski definition) is 5. The molecule has 0 spiro atoms. The molecule has 1 amide bonds. The van der Waals surface area contributed by atoms with E-state index in [-0.39, 0.29) is 5.91 Å². The number of nitrogens with one attached hydrogen (secondary N) is 2. The Balaban J connectivity index is 1.51. The number of rotatable bonds is 5. The van der Waals surface area contributed by atoms with E-state index in [4.69, 9.17) is 4.52 Å². The largest absolute Gasteiger partial charge is 0.368 e. The fraction of sp³-hybridized carbons (Fsp3) is 0.188. The second-order valence-electron chi connectivity index (χ2n) is 4.89. The summed E-state index contributed by atoms with van der Waals surface area (Å²) in [6.45, 7) is 2.80. The van der Waals surface area contributed by atoms with E-state index in [0.29, 0.717) is 24.5 Å². The number of hydrogen-bond donors (Lipinski definition) is 2. The summed E-state index contributed by atoms with van der Waals surface area (Å²) in [6.07, 6.45) is 0. The van der Waals surface area contributed by atoms with Gasteiger partial charge in [0, 0.05) is 24.5 Å². The summed E-state index contributed by atoms with van der Waals surface area (Å²) < 4.78 is 4.87. The third kappa shape index (κ3) is 3.22. The van der Waals surface area contributed by atoms with Crippen molar-refractivity contribution in [3.05, 3.63) is 53.9 Å². The average Bonchev–Trinajstić information content (AvgIpc) is 2.98. The summed E-state index contributed by atoms with van der Waals surface area (Å²) >= 11 is 0. The molecule has 0 unspecified atom stereocenters. The maximum absolute atomic E-state index is 11.8. The van der Waals surface area contributed by atoms with Crippen LogP contribution in [0.4, 0.5) is 5.82 Å². The van der Waals surface area contributed by atoms with E-state index < -0.39 is 0 Å². The number of anilines is 1. The molecule has 2 aromatic heterocycles. The zero-order chi connectivity index (χ0) is 15.4. The van der Waals surface area contributed by atoms with Crippen LogP contribution >= 0.6 is 0 Å². The molecule has 0 aliphatic carbocycles. The van der Waals surface area contributed by atoms with Crippen molar-refractivity contribution >= 4 is 22.6 Å². The van der Waals surface area contributed by atoms with Crippen LogP contribution in [0.2, 0.25) is 0 Å². The summed E-state index contributed by atoms with van der Waals surface area (Å²) in [7, 11) is 0. The van der Waals surface area contributed by atoms with Crippen LogP contribution in [0.15, 0.2) is 47.0 Å². The standard InChI is InChI=1S/C16H16N4O2/c1-11-10-14(20-22-11)16(21)18-9-8-17-15-7-6-12-4-2-3-5-13(12)19-15/h2-7,10H,8-9H2,1H3,(H,17,19)(H,18,21). The summed E-state index contributed by atoms with van der Waals surface area (Å²) in [5.41, 5.74) is 1.23. The highest BCUT2D eigenvalue weighted by molar-refractivity contribution is 5.92. The van der Waals surface area contributed by atoms with E-state index in [0.717, 1.165) is 16.7 Å². The number of aryl methyl sites for hydroxylation is 1. The Kier molecular flexibility index (Phi) is 4.00. The van der Waals surface area contributed by atoms with Crippen molar-refractivity contribution in [3.63, 3.8) is 0 Å². The lowest BCUT2D eigenvalue weighted by Gasteiger charge is -2.07. The summed E-state index contributed by atoms with van der Waals surface area (Å²) in [5.74, 6) is 1.15. The van der Waals surface area contributed by atoms with Gasteiger partial charge in [0.25, 0.3) is 5.91 Å². The minimum absolute atomic E-state index is 0.245. The fourth-order valence-corrected chi connectivity index (χ4v) is 2.10. The van der Waals surface area contributed by atoms with Gasteiger partial charge in [-0.3, -0.25) is 4.79 Å². The van der Waals surface area contributed by atoms with Crippen molar-refractivity contribution in [2.24, 2.45) is 0 Å². The summed E-state index contributed by atoms with van der Waals surface area (Å²) in [5, 5.41) is 10.7. The minimum atomic E-state index is -0.245. The number of fused-ring (bicyclic) bond motifs is 1. The van der Waals surface area contributed by atoms with Crippen LogP contribution in [0, 0.1) is 6.92 Å². The quantitative estimate of drug-likeness (QED) is 0.707. The van der Waals surface area contributed by atoms with Gasteiger partial charge in [0.05, 0.1) is 5.52 Å². The normalized spacial score (nSPS) is 10.6. The fourth-order valence-electron chi connectivity index (χ4n) is 2.10. The van der Waals surface area contributed by atoms with Crippen molar-refractivity contribution in [3.8, 4) is 0 Å². The second-order valence-corrected chi connectivity index (χ2v) is 4.89. The number of amides is 1. The number of nitrogens with zero attached hydrogens (tertiary/aromatic N) is 2. The molecule has 0 bridgehead atoms. The maximum Gasteiger partial charge on any atom is 0.273 e. The van der Waals surface area contributed by atoms with Gasteiger partial charge in [-0.25, -0.2) is 4.98 Å². The average molecular weight is 296 g/mol. The monoisotopic (exact) mass is 296 g/mol. The highest BCUT2D eigenvalue weighted by atomic mass is 16.5. The number of pyridine rings is 1. The number of benzene rings is 1. The van der Waals surface area contributed by atoms with E-state index >= 15 is 0 Å². The lowest BCUT2D eigenvalue weighted by atomic mass is 10.2. The van der Waals surface area contributed by atoms with Gasteiger partial charge >= 0.3 is 0 Å². The first-order chi connectivity index (χ1) is 10.7. The molecule has 0 aliphatic heterocycles. The van der Waals surface area contributed by atoms with Gasteiger partial charge in [-0.05, 0) is 25.1 Å². The van der Waals surface area contributed by atoms with E-state index in [1.165, 1.54) is 0 Å². The molecular weight excluding hydrogens is 280 g/mol. The van der Waals surface area contributed by atoms with E-state index in [1.807, 2.05) is 36.4 Å². The zero-order valence-electron chi connectivity index (χ0n) is 12.2. The molecule has 0 saturated heterocycles. The lowest BCUT2D eigenvalue weighted by Crippen LogP contribution is -2.29. The van der Waals surface area contributed by atoms with Crippen LogP contribution < -0.4 is 10.6 Å². The Bertz CT molecular complexity index is 797. The topological polar surface area (TPSA) is 80.0 Å². The van der Waals surface area contributed by atoms with Crippen LogP contribution in [0.5, 0.6) is 0 Å². The van der Waals surface area contributed by atoms with Gasteiger partial charge in [-0.1, -0.05) is 23.4 Å². The molecular formula is C16H16N4O2. The molecule has 0 fully saturated rings. The van der Waals surface area contributed by atoms with Crippen molar-refractivity contribution < 1.29 is 9.32 Å². The van der Waals surface area contributed by atoms with Crippen LogP contribution in [0.1, 0.15) is 16.2 Å². The molecule has 112 valence electrons. The van der Waals surface area contributed by atoms with E-state index in [1.54, 1.807) is 13.0 Å². The van der Waals surface area contributed by atoms with Crippen molar-refractivity contribution in [2.75, 3.05) is 18.4 Å². The number of para-hydroxylation sites is 1. The van der Waals surface area contributed by atoms with Gasteiger partial charge in [0.1, 0.15) is 11.6 Å². The van der Waals surface area contributed by atoms with Gasteiger partial charge in [0.15, 0.2) is 5.69 Å².